The van der Waals surface area contributed by atoms with Gasteiger partial charge in [-0.1, -0.05) is 25.4 Å². The van der Waals surface area contributed by atoms with E-state index in [2.05, 4.69) is 30.2 Å². The van der Waals surface area contributed by atoms with Gasteiger partial charge in [0.1, 0.15) is 5.15 Å². The smallest absolute Gasteiger partial charge is 0.132 e. The number of pyridine rings is 1. The average molecular weight is 197 g/mol. The number of nitrogens with zero attached hydrogens (tertiary/aromatic N) is 1. The minimum Gasteiger partial charge on any atom is -0.383 e. The van der Waals surface area contributed by atoms with Gasteiger partial charge in [0.05, 0.1) is 11.4 Å². The van der Waals surface area contributed by atoms with Crippen LogP contribution in [0.2, 0.25) is 5.15 Å². The van der Waals surface area contributed by atoms with E-state index < -0.39 is 0 Å². The monoisotopic (exact) mass is 196 g/mol. The Balaban J connectivity index is 2.61. The highest BCUT2D eigenvalue weighted by molar-refractivity contribution is 6.30. The Morgan fingerprint density at radius 3 is 2.92 bits per heavy atom. The molecule has 1 aliphatic rings. The van der Waals surface area contributed by atoms with Crippen molar-refractivity contribution in [3.63, 3.8) is 0 Å². The Morgan fingerprint density at radius 2 is 2.23 bits per heavy atom. The second-order valence-corrected chi connectivity index (χ2v) is 4.59. The van der Waals surface area contributed by atoms with Crippen LogP contribution < -0.4 is 5.32 Å². The minimum atomic E-state index is 0.104. The number of aryl methyl sites for hydroxylation is 1. The van der Waals surface area contributed by atoms with Crippen LogP contribution in [0.15, 0.2) is 6.07 Å². The summed E-state index contributed by atoms with van der Waals surface area (Å²) in [5.74, 6) is 0. The van der Waals surface area contributed by atoms with E-state index >= 15 is 0 Å². The molecule has 0 radical (unpaired) electrons. The lowest BCUT2D eigenvalue weighted by Crippen LogP contribution is -2.20. The molecule has 0 saturated heterocycles. The zero-order chi connectivity index (χ0) is 9.64. The molecule has 0 aliphatic carbocycles. The van der Waals surface area contributed by atoms with Gasteiger partial charge in [-0.25, -0.2) is 4.98 Å². The molecule has 0 saturated carbocycles. The summed E-state index contributed by atoms with van der Waals surface area (Å²) in [7, 11) is 0. The summed E-state index contributed by atoms with van der Waals surface area (Å²) >= 11 is 5.98. The lowest BCUT2D eigenvalue weighted by atomic mass is 9.91. The maximum Gasteiger partial charge on any atom is 0.132 e. The minimum absolute atomic E-state index is 0.104. The van der Waals surface area contributed by atoms with Crippen LogP contribution in [0.4, 0.5) is 5.69 Å². The number of halogens is 1. The zero-order valence-electron chi connectivity index (χ0n) is 8.11. The van der Waals surface area contributed by atoms with Crippen LogP contribution in [0, 0.1) is 6.92 Å². The number of fused-ring (bicyclic) bond motifs is 1. The molecule has 0 amide bonds. The Labute approximate surface area is 83.3 Å². The van der Waals surface area contributed by atoms with Crippen molar-refractivity contribution >= 4 is 17.3 Å². The Hall–Kier alpha value is -0.760. The van der Waals surface area contributed by atoms with Crippen LogP contribution in [-0.2, 0) is 5.41 Å². The van der Waals surface area contributed by atoms with Gasteiger partial charge >= 0.3 is 0 Å². The summed E-state index contributed by atoms with van der Waals surface area (Å²) in [5, 5.41) is 3.96. The van der Waals surface area contributed by atoms with Crippen LogP contribution in [0.1, 0.15) is 25.1 Å². The van der Waals surface area contributed by atoms with Crippen molar-refractivity contribution in [2.45, 2.75) is 26.2 Å². The van der Waals surface area contributed by atoms with Crippen LogP contribution in [0.5, 0.6) is 0 Å². The van der Waals surface area contributed by atoms with Crippen molar-refractivity contribution in [3.8, 4) is 0 Å². The van der Waals surface area contributed by atoms with Crippen molar-refractivity contribution in [1.29, 1.82) is 0 Å². The van der Waals surface area contributed by atoms with Crippen LogP contribution >= 0.6 is 11.6 Å². The molecular formula is C10H13ClN2. The summed E-state index contributed by atoms with van der Waals surface area (Å²) in [6.07, 6.45) is 0. The van der Waals surface area contributed by atoms with E-state index in [1.807, 2.05) is 6.92 Å². The van der Waals surface area contributed by atoms with Gasteiger partial charge in [-0.2, -0.15) is 0 Å². The van der Waals surface area contributed by atoms with Gasteiger partial charge in [-0.05, 0) is 18.6 Å². The molecule has 1 aliphatic heterocycles. The normalized spacial score (nSPS) is 18.2. The quantitative estimate of drug-likeness (QED) is 0.646. The third-order valence-corrected chi connectivity index (χ3v) is 2.90. The largest absolute Gasteiger partial charge is 0.383 e. The van der Waals surface area contributed by atoms with Gasteiger partial charge in [0.25, 0.3) is 0 Å². The molecule has 13 heavy (non-hydrogen) atoms. The Morgan fingerprint density at radius 1 is 1.54 bits per heavy atom. The fraction of sp³-hybridized carbons (Fsp3) is 0.500. The maximum absolute atomic E-state index is 5.98. The number of hydrogen-bond acceptors (Lipinski definition) is 2. The number of nitrogens with one attached hydrogen (secondary N) is 1. The SMILES string of the molecule is Cc1cc2c(nc1Cl)C(C)(C)CN2. The molecule has 0 atom stereocenters. The lowest BCUT2D eigenvalue weighted by molar-refractivity contribution is 0.568. The van der Waals surface area contributed by atoms with Gasteiger partial charge in [-0.3, -0.25) is 0 Å². The first-order valence-corrected chi connectivity index (χ1v) is 4.80. The summed E-state index contributed by atoms with van der Waals surface area (Å²) in [6, 6.07) is 2.07. The molecule has 0 bridgehead atoms. The molecule has 0 fully saturated rings. The van der Waals surface area contributed by atoms with Crippen molar-refractivity contribution in [2.75, 3.05) is 11.9 Å². The summed E-state index contributed by atoms with van der Waals surface area (Å²) in [4.78, 5) is 4.41. The van der Waals surface area contributed by atoms with Crippen LogP contribution in [-0.4, -0.2) is 11.5 Å². The van der Waals surface area contributed by atoms with E-state index in [4.69, 9.17) is 11.6 Å². The van der Waals surface area contributed by atoms with Gasteiger partial charge in [-0.15, -0.1) is 0 Å². The van der Waals surface area contributed by atoms with Crippen LogP contribution in [0.25, 0.3) is 0 Å². The van der Waals surface area contributed by atoms with Gasteiger partial charge < -0.3 is 5.32 Å². The molecule has 0 unspecified atom stereocenters. The second-order valence-electron chi connectivity index (χ2n) is 4.23. The fourth-order valence-electron chi connectivity index (χ4n) is 1.64. The first-order valence-electron chi connectivity index (χ1n) is 4.42. The lowest BCUT2D eigenvalue weighted by Gasteiger charge is -2.15. The number of hydrogen-bond donors (Lipinski definition) is 1. The topological polar surface area (TPSA) is 24.9 Å². The standard InChI is InChI=1S/C10H13ClN2/c1-6-4-7-8(13-9(6)11)10(2,3)5-12-7/h4,12H,5H2,1-3H3. The first-order chi connectivity index (χ1) is 6.00. The Kier molecular flexibility index (Phi) is 1.77. The van der Waals surface area contributed by atoms with Gasteiger partial charge in [0.15, 0.2) is 0 Å². The van der Waals surface area contributed by atoms with Crippen molar-refractivity contribution in [2.24, 2.45) is 0 Å². The molecule has 1 N–H and O–H groups in total. The number of aromatic nitrogens is 1. The first kappa shape index (κ1) is 8.82. The highest BCUT2D eigenvalue weighted by Crippen LogP contribution is 2.36. The van der Waals surface area contributed by atoms with Crippen molar-refractivity contribution < 1.29 is 0 Å². The third kappa shape index (κ3) is 1.29. The average Bonchev–Trinajstić information content (AvgIpc) is 2.31. The third-order valence-electron chi connectivity index (χ3n) is 2.51. The molecule has 2 heterocycles. The second kappa shape index (κ2) is 2.61. The Bertz CT molecular complexity index is 358. The van der Waals surface area contributed by atoms with E-state index in [1.165, 1.54) is 0 Å². The van der Waals surface area contributed by atoms with Crippen molar-refractivity contribution in [3.05, 3.63) is 22.5 Å². The number of anilines is 1. The summed E-state index contributed by atoms with van der Waals surface area (Å²) in [5.41, 5.74) is 3.35. The molecule has 1 aromatic rings. The molecule has 0 spiro atoms. The van der Waals surface area contributed by atoms with Crippen molar-refractivity contribution in [1.82, 2.24) is 4.98 Å². The molecule has 2 rings (SSSR count). The molecule has 0 aromatic carbocycles. The molecule has 70 valence electrons. The van der Waals surface area contributed by atoms with Gasteiger partial charge in [0.2, 0.25) is 0 Å². The van der Waals surface area contributed by atoms with E-state index in [0.717, 1.165) is 23.5 Å². The van der Waals surface area contributed by atoms with Crippen LogP contribution in [0.3, 0.4) is 0 Å². The fourth-order valence-corrected chi connectivity index (χ4v) is 1.78. The maximum atomic E-state index is 5.98. The van der Waals surface area contributed by atoms with E-state index in [9.17, 15) is 0 Å². The molecule has 3 heteroatoms. The van der Waals surface area contributed by atoms with E-state index in [0.29, 0.717) is 5.15 Å². The van der Waals surface area contributed by atoms with Gasteiger partial charge in [0, 0.05) is 12.0 Å². The predicted octanol–water partition coefficient (Wildman–Crippen LogP) is 2.75. The van der Waals surface area contributed by atoms with E-state index in [-0.39, 0.29) is 5.41 Å². The highest BCUT2D eigenvalue weighted by Gasteiger charge is 2.31. The summed E-state index contributed by atoms with van der Waals surface area (Å²) < 4.78 is 0. The number of rotatable bonds is 0. The molecular weight excluding hydrogens is 184 g/mol. The predicted molar refractivity (Wildman–Crippen MR) is 55.5 cm³/mol. The molecule has 1 aromatic heterocycles. The summed E-state index contributed by atoms with van der Waals surface area (Å²) in [6.45, 7) is 7.26. The highest BCUT2D eigenvalue weighted by atomic mass is 35.5. The molecule has 2 nitrogen and oxygen atoms in total. The zero-order valence-corrected chi connectivity index (χ0v) is 8.87. The van der Waals surface area contributed by atoms with E-state index in [1.54, 1.807) is 0 Å².